The van der Waals surface area contributed by atoms with Gasteiger partial charge in [0, 0.05) is 19.9 Å². The molecule has 2 aromatic heterocycles. The third kappa shape index (κ3) is 5.22. The Bertz CT molecular complexity index is 1070. The zero-order valence-electron chi connectivity index (χ0n) is 20.3. The fourth-order valence-corrected chi connectivity index (χ4v) is 4.74. The fraction of sp³-hybridized carbons (Fsp3) is 0.696. The quantitative estimate of drug-likeness (QED) is 0.474. The molecule has 0 bridgehead atoms. The van der Waals surface area contributed by atoms with Crippen molar-refractivity contribution >= 4 is 34.8 Å². The van der Waals surface area contributed by atoms with E-state index in [1.807, 2.05) is 0 Å². The lowest BCUT2D eigenvalue weighted by Gasteiger charge is -2.24. The lowest BCUT2D eigenvalue weighted by Crippen LogP contribution is -2.41. The molecule has 192 valence electrons. The van der Waals surface area contributed by atoms with Crippen molar-refractivity contribution in [3.05, 3.63) is 6.33 Å². The fourth-order valence-electron chi connectivity index (χ4n) is 4.74. The summed E-state index contributed by atoms with van der Waals surface area (Å²) in [5.41, 5.74) is -1.67. The van der Waals surface area contributed by atoms with Crippen molar-refractivity contribution < 1.29 is 28.6 Å². The number of fused-ring (bicyclic) bond motifs is 1. The van der Waals surface area contributed by atoms with E-state index in [0.29, 0.717) is 23.7 Å². The van der Waals surface area contributed by atoms with Gasteiger partial charge in [0.2, 0.25) is 11.9 Å². The van der Waals surface area contributed by atoms with Gasteiger partial charge in [-0.3, -0.25) is 19.5 Å². The highest BCUT2D eigenvalue weighted by Gasteiger charge is 2.55. The van der Waals surface area contributed by atoms with Crippen LogP contribution in [0.25, 0.3) is 11.2 Å². The Morgan fingerprint density at radius 1 is 1.31 bits per heavy atom. The van der Waals surface area contributed by atoms with Crippen molar-refractivity contribution in [3.63, 3.8) is 0 Å². The molecule has 2 fully saturated rings. The van der Waals surface area contributed by atoms with Crippen molar-refractivity contribution in [1.82, 2.24) is 19.5 Å². The van der Waals surface area contributed by atoms with E-state index >= 15 is 4.39 Å². The number of halogens is 1. The van der Waals surface area contributed by atoms with Crippen molar-refractivity contribution in [2.45, 2.75) is 82.9 Å². The van der Waals surface area contributed by atoms with Gasteiger partial charge in [-0.05, 0) is 25.7 Å². The molecule has 3 N–H and O–H groups in total. The lowest BCUT2D eigenvalue weighted by atomic mass is 9.87. The average Bonchev–Trinajstić information content (AvgIpc) is 3.36. The van der Waals surface area contributed by atoms with E-state index in [2.05, 4.69) is 25.6 Å². The van der Waals surface area contributed by atoms with Crippen LogP contribution in [-0.4, -0.2) is 68.0 Å². The Hall–Kier alpha value is -2.86. The monoisotopic (exact) mass is 492 g/mol. The third-order valence-electron chi connectivity index (χ3n) is 6.79. The van der Waals surface area contributed by atoms with Crippen molar-refractivity contribution in [1.29, 1.82) is 0 Å². The SMILES string of the molecule is CCC(=O)Nc1nc(NC)c2ncn(C3O[C@H](COC(=O)CC4CCCCC4)[C@@H](O)[C@@]3(C)F)c2n1. The second-order valence-corrected chi connectivity index (χ2v) is 9.39. The van der Waals surface area contributed by atoms with Crippen LogP contribution in [0.5, 0.6) is 0 Å². The van der Waals surface area contributed by atoms with Gasteiger partial charge in [-0.2, -0.15) is 9.97 Å². The highest BCUT2D eigenvalue weighted by molar-refractivity contribution is 5.91. The first kappa shape index (κ1) is 25.2. The van der Waals surface area contributed by atoms with Crippen LogP contribution in [0.2, 0.25) is 0 Å². The zero-order valence-corrected chi connectivity index (χ0v) is 20.3. The Morgan fingerprint density at radius 3 is 2.74 bits per heavy atom. The Kier molecular flexibility index (Phi) is 7.50. The maximum atomic E-state index is 15.8. The smallest absolute Gasteiger partial charge is 0.306 e. The van der Waals surface area contributed by atoms with Gasteiger partial charge in [-0.15, -0.1) is 0 Å². The van der Waals surface area contributed by atoms with Crippen LogP contribution in [-0.2, 0) is 19.1 Å². The zero-order chi connectivity index (χ0) is 25.2. The third-order valence-corrected chi connectivity index (χ3v) is 6.79. The summed E-state index contributed by atoms with van der Waals surface area (Å²) in [4.78, 5) is 37.0. The van der Waals surface area contributed by atoms with Crippen molar-refractivity contribution in [2.75, 3.05) is 24.3 Å². The van der Waals surface area contributed by atoms with E-state index in [-0.39, 0.29) is 36.5 Å². The molecule has 4 rings (SSSR count). The molecule has 12 heteroatoms. The molecule has 1 saturated heterocycles. The maximum Gasteiger partial charge on any atom is 0.306 e. The van der Waals surface area contributed by atoms with E-state index in [9.17, 15) is 14.7 Å². The number of nitrogens with one attached hydrogen (secondary N) is 2. The molecule has 2 aliphatic rings. The number of carbonyl (C=O) groups excluding carboxylic acids is 2. The molecule has 1 unspecified atom stereocenters. The van der Waals surface area contributed by atoms with E-state index in [0.717, 1.165) is 25.7 Å². The predicted molar refractivity (Wildman–Crippen MR) is 125 cm³/mol. The molecule has 1 aliphatic carbocycles. The maximum absolute atomic E-state index is 15.8. The predicted octanol–water partition coefficient (Wildman–Crippen LogP) is 2.72. The summed E-state index contributed by atoms with van der Waals surface area (Å²) in [6, 6.07) is 0. The Morgan fingerprint density at radius 2 is 2.06 bits per heavy atom. The van der Waals surface area contributed by atoms with Crippen LogP contribution in [0.1, 0.15) is 65.0 Å². The number of aliphatic hydroxyl groups is 1. The largest absolute Gasteiger partial charge is 0.463 e. The summed E-state index contributed by atoms with van der Waals surface area (Å²) in [7, 11) is 1.64. The van der Waals surface area contributed by atoms with Gasteiger partial charge >= 0.3 is 5.97 Å². The summed E-state index contributed by atoms with van der Waals surface area (Å²) < 4.78 is 28.3. The van der Waals surface area contributed by atoms with Gasteiger partial charge in [0.1, 0.15) is 18.8 Å². The number of carbonyl (C=O) groups is 2. The van der Waals surface area contributed by atoms with Crippen LogP contribution in [0.4, 0.5) is 16.2 Å². The molecule has 0 spiro atoms. The number of aromatic nitrogens is 4. The van der Waals surface area contributed by atoms with Crippen LogP contribution >= 0.6 is 0 Å². The Balaban J connectivity index is 1.52. The van der Waals surface area contributed by atoms with Gasteiger partial charge < -0.3 is 19.9 Å². The number of imidazole rings is 1. The molecule has 0 radical (unpaired) electrons. The summed E-state index contributed by atoms with van der Waals surface area (Å²) in [6.45, 7) is 2.66. The van der Waals surface area contributed by atoms with Gasteiger partial charge in [0.25, 0.3) is 0 Å². The number of hydrogen-bond acceptors (Lipinski definition) is 9. The molecule has 35 heavy (non-hydrogen) atoms. The minimum Gasteiger partial charge on any atom is -0.463 e. The number of alkyl halides is 1. The van der Waals surface area contributed by atoms with Crippen LogP contribution in [0, 0.1) is 5.92 Å². The summed E-state index contributed by atoms with van der Waals surface area (Å²) in [5, 5.41) is 16.1. The molecule has 1 amide bonds. The molecule has 0 aromatic carbocycles. The van der Waals surface area contributed by atoms with E-state index in [4.69, 9.17) is 9.47 Å². The first-order chi connectivity index (χ1) is 16.7. The summed E-state index contributed by atoms with van der Waals surface area (Å²) in [5.74, 6) is 0.0313. The second-order valence-electron chi connectivity index (χ2n) is 9.39. The number of rotatable bonds is 8. The number of aliphatic hydroxyl groups excluding tert-OH is 1. The minimum absolute atomic E-state index is 0.0303. The summed E-state index contributed by atoms with van der Waals surface area (Å²) in [6.07, 6.45) is 3.44. The minimum atomic E-state index is -2.23. The van der Waals surface area contributed by atoms with Gasteiger partial charge in [0.05, 0.1) is 6.33 Å². The van der Waals surface area contributed by atoms with Crippen LogP contribution in [0.15, 0.2) is 6.33 Å². The highest BCUT2D eigenvalue weighted by Crippen LogP contribution is 2.43. The molecule has 11 nitrogen and oxygen atoms in total. The van der Waals surface area contributed by atoms with E-state index in [1.165, 1.54) is 24.2 Å². The highest BCUT2D eigenvalue weighted by atomic mass is 19.1. The molecular formula is C23H33FN6O5. The van der Waals surface area contributed by atoms with Crippen LogP contribution < -0.4 is 10.6 Å². The number of nitrogens with zero attached hydrogens (tertiary/aromatic N) is 4. The summed E-state index contributed by atoms with van der Waals surface area (Å²) >= 11 is 0. The number of hydrogen-bond donors (Lipinski definition) is 3. The topological polar surface area (TPSA) is 140 Å². The first-order valence-electron chi connectivity index (χ1n) is 12.1. The molecular weight excluding hydrogens is 459 g/mol. The molecule has 2 aromatic rings. The van der Waals surface area contributed by atoms with Gasteiger partial charge in [0.15, 0.2) is 28.9 Å². The molecule has 4 atom stereocenters. The lowest BCUT2D eigenvalue weighted by molar-refractivity contribution is -0.151. The number of amides is 1. The van der Waals surface area contributed by atoms with Gasteiger partial charge in [-0.25, -0.2) is 9.37 Å². The first-order valence-corrected chi connectivity index (χ1v) is 12.1. The van der Waals surface area contributed by atoms with Crippen molar-refractivity contribution in [3.8, 4) is 0 Å². The molecule has 3 heterocycles. The average molecular weight is 493 g/mol. The Labute approximate surface area is 202 Å². The van der Waals surface area contributed by atoms with Crippen molar-refractivity contribution in [2.24, 2.45) is 5.92 Å². The number of ether oxygens (including phenoxy) is 2. The molecule has 1 aliphatic heterocycles. The standard InChI is InChI=1S/C23H33FN6O5/c1-4-15(31)27-22-28-19(25-3)17-20(29-22)30(12-26-17)21-23(2,24)18(33)14(35-21)11-34-16(32)10-13-8-6-5-7-9-13/h12-14,18,21,33H,4-11H2,1-3H3,(H2,25,27,28,29,31)/t14-,18-,21?,23-/m1/s1. The van der Waals surface area contributed by atoms with E-state index < -0.39 is 24.1 Å². The number of esters is 1. The second kappa shape index (κ2) is 10.4. The van der Waals surface area contributed by atoms with Crippen LogP contribution in [0.3, 0.4) is 0 Å². The normalized spacial score (nSPS) is 27.2. The molecule has 1 saturated carbocycles. The van der Waals surface area contributed by atoms with Gasteiger partial charge in [-0.1, -0.05) is 26.2 Å². The number of anilines is 2. The van der Waals surface area contributed by atoms with E-state index in [1.54, 1.807) is 14.0 Å².